The molecule has 0 bridgehead atoms. The third-order valence-electron chi connectivity index (χ3n) is 3.34. The first-order chi connectivity index (χ1) is 13.1. The van der Waals surface area contributed by atoms with Gasteiger partial charge in [0.1, 0.15) is 0 Å². The number of hydrogen-bond donors (Lipinski definition) is 3. The van der Waals surface area contributed by atoms with Gasteiger partial charge in [-0.2, -0.15) is 5.10 Å². The van der Waals surface area contributed by atoms with Gasteiger partial charge in [0.15, 0.2) is 18.1 Å². The van der Waals surface area contributed by atoms with E-state index in [-0.39, 0.29) is 18.5 Å². The number of nitrogens with two attached hydrogens (primary N) is 2. The fourth-order valence-corrected chi connectivity index (χ4v) is 2.15. The summed E-state index contributed by atoms with van der Waals surface area (Å²) in [5, 5.41) is 10.1. The highest BCUT2D eigenvalue weighted by Crippen LogP contribution is 2.28. The Morgan fingerprint density at radius 3 is 2.59 bits per heavy atom. The molecule has 2 aromatic rings. The number of carbonyl (C=O) groups excluding carboxylic acids is 1. The number of carbonyl (C=O) groups is 1. The van der Waals surface area contributed by atoms with Crippen LogP contribution < -0.4 is 26.3 Å². The number of ether oxygens (including phenoxy) is 2. The molecule has 0 saturated carbocycles. The number of nitrogens with zero attached hydrogens (tertiary/aromatic N) is 2. The molecule has 0 saturated heterocycles. The molecule has 0 fully saturated rings. The van der Waals surface area contributed by atoms with Crippen molar-refractivity contribution in [2.45, 2.75) is 13.5 Å². The maximum atomic E-state index is 12.0. The predicted octanol–water partition coefficient (Wildman–Crippen LogP) is 1.39. The van der Waals surface area contributed by atoms with E-state index in [0.717, 1.165) is 11.1 Å². The van der Waals surface area contributed by atoms with E-state index >= 15 is 0 Å². The molecule has 0 atom stereocenters. The van der Waals surface area contributed by atoms with Crippen LogP contribution in [-0.4, -0.2) is 31.3 Å². The average Bonchev–Trinajstić information content (AvgIpc) is 2.66. The van der Waals surface area contributed by atoms with E-state index < -0.39 is 0 Å². The summed E-state index contributed by atoms with van der Waals surface area (Å²) in [5.74, 6) is 0.616. The zero-order chi connectivity index (χ0) is 19.5. The minimum Gasteiger partial charge on any atom is -0.490 e. The maximum Gasteiger partial charge on any atom is 0.258 e. The summed E-state index contributed by atoms with van der Waals surface area (Å²) in [6, 6.07) is 14.8. The van der Waals surface area contributed by atoms with Crippen LogP contribution in [0.1, 0.15) is 18.1 Å². The Morgan fingerprint density at radius 2 is 1.89 bits per heavy atom. The highest BCUT2D eigenvalue weighted by molar-refractivity contribution is 5.82. The Bertz CT molecular complexity index is 802. The van der Waals surface area contributed by atoms with Gasteiger partial charge in [-0.1, -0.05) is 30.3 Å². The van der Waals surface area contributed by atoms with Crippen LogP contribution in [-0.2, 0) is 11.3 Å². The molecule has 0 unspecified atom stereocenters. The van der Waals surface area contributed by atoms with Crippen molar-refractivity contribution in [3.8, 4) is 11.5 Å². The summed E-state index contributed by atoms with van der Waals surface area (Å²) >= 11 is 0. The van der Waals surface area contributed by atoms with E-state index in [2.05, 4.69) is 15.5 Å². The largest absolute Gasteiger partial charge is 0.490 e. The molecule has 0 aliphatic heterocycles. The number of guanidine groups is 1. The lowest BCUT2D eigenvalue weighted by molar-refractivity contribution is -0.123. The smallest absolute Gasteiger partial charge is 0.258 e. The third kappa shape index (κ3) is 7.07. The van der Waals surface area contributed by atoms with Gasteiger partial charge in [-0.3, -0.25) is 4.79 Å². The summed E-state index contributed by atoms with van der Waals surface area (Å²) in [6.45, 7) is 2.64. The van der Waals surface area contributed by atoms with Crippen molar-refractivity contribution < 1.29 is 14.3 Å². The molecule has 0 spiro atoms. The molecule has 8 nitrogen and oxygen atoms in total. The molecule has 0 aromatic heterocycles. The van der Waals surface area contributed by atoms with Gasteiger partial charge in [0.2, 0.25) is 5.96 Å². The SMILES string of the molecule is CCOc1cc(C=NN=C(N)N)ccc1OCC(=O)NCc1ccccc1. The van der Waals surface area contributed by atoms with Crippen molar-refractivity contribution in [2.75, 3.05) is 13.2 Å². The molecule has 0 aliphatic rings. The zero-order valence-electron chi connectivity index (χ0n) is 15.1. The maximum absolute atomic E-state index is 12.0. The highest BCUT2D eigenvalue weighted by atomic mass is 16.5. The fraction of sp³-hybridized carbons (Fsp3) is 0.211. The molecule has 8 heteroatoms. The van der Waals surface area contributed by atoms with Crippen LogP contribution in [0.25, 0.3) is 0 Å². The van der Waals surface area contributed by atoms with E-state index in [0.29, 0.717) is 24.7 Å². The van der Waals surface area contributed by atoms with E-state index in [1.807, 2.05) is 37.3 Å². The first kappa shape index (κ1) is 19.8. The van der Waals surface area contributed by atoms with Gasteiger partial charge in [-0.25, -0.2) is 0 Å². The van der Waals surface area contributed by atoms with Crippen LogP contribution in [0.4, 0.5) is 0 Å². The van der Waals surface area contributed by atoms with Gasteiger partial charge in [-0.05, 0) is 36.2 Å². The van der Waals surface area contributed by atoms with Gasteiger partial charge >= 0.3 is 0 Å². The van der Waals surface area contributed by atoms with E-state index in [1.165, 1.54) is 6.21 Å². The second kappa shape index (κ2) is 10.4. The van der Waals surface area contributed by atoms with Crippen molar-refractivity contribution in [1.82, 2.24) is 5.32 Å². The first-order valence-electron chi connectivity index (χ1n) is 8.40. The molecule has 0 aliphatic carbocycles. The topological polar surface area (TPSA) is 124 Å². The minimum atomic E-state index is -0.223. The monoisotopic (exact) mass is 369 g/mol. The summed E-state index contributed by atoms with van der Waals surface area (Å²) in [4.78, 5) is 12.0. The van der Waals surface area contributed by atoms with E-state index in [1.54, 1.807) is 18.2 Å². The van der Waals surface area contributed by atoms with E-state index in [4.69, 9.17) is 20.9 Å². The van der Waals surface area contributed by atoms with Crippen LogP contribution in [0.3, 0.4) is 0 Å². The third-order valence-corrected chi connectivity index (χ3v) is 3.34. The molecule has 2 aromatic carbocycles. The van der Waals surface area contributed by atoms with Crippen molar-refractivity contribution in [3.05, 3.63) is 59.7 Å². The molecule has 1 amide bonds. The lowest BCUT2D eigenvalue weighted by Crippen LogP contribution is -2.28. The lowest BCUT2D eigenvalue weighted by atomic mass is 10.2. The molecule has 0 radical (unpaired) electrons. The minimum absolute atomic E-state index is 0.117. The van der Waals surface area contributed by atoms with Crippen LogP contribution in [0.5, 0.6) is 11.5 Å². The summed E-state index contributed by atoms with van der Waals surface area (Å²) in [7, 11) is 0. The fourth-order valence-electron chi connectivity index (χ4n) is 2.15. The number of hydrogen-bond acceptors (Lipinski definition) is 5. The normalized spacial score (nSPS) is 10.4. The first-order valence-corrected chi connectivity index (χ1v) is 8.40. The summed E-state index contributed by atoms with van der Waals surface area (Å²) < 4.78 is 11.2. The van der Waals surface area contributed by atoms with Crippen LogP contribution in [0, 0.1) is 0 Å². The van der Waals surface area contributed by atoms with Gasteiger partial charge < -0.3 is 26.3 Å². The predicted molar refractivity (Wildman–Crippen MR) is 105 cm³/mol. The second-order valence-electron chi connectivity index (χ2n) is 5.46. The Hall–Kier alpha value is -3.55. The summed E-state index contributed by atoms with van der Waals surface area (Å²) in [6.07, 6.45) is 1.48. The van der Waals surface area contributed by atoms with Gasteiger partial charge in [0, 0.05) is 6.54 Å². The number of amides is 1. The highest BCUT2D eigenvalue weighted by Gasteiger charge is 2.09. The van der Waals surface area contributed by atoms with Crippen molar-refractivity contribution in [1.29, 1.82) is 0 Å². The standard InChI is InChI=1S/C19H23N5O3/c1-2-26-17-10-15(12-23-24-19(20)21)8-9-16(17)27-13-18(25)22-11-14-6-4-3-5-7-14/h3-10,12H,2,11,13H2,1H3,(H,22,25)(H4,20,21,24). The second-order valence-corrected chi connectivity index (χ2v) is 5.46. The van der Waals surface area contributed by atoms with Gasteiger partial charge in [-0.15, -0.1) is 5.10 Å². The van der Waals surface area contributed by atoms with Crippen molar-refractivity contribution in [3.63, 3.8) is 0 Å². The van der Waals surface area contributed by atoms with Gasteiger partial charge in [0.25, 0.3) is 5.91 Å². The molecular formula is C19H23N5O3. The quantitative estimate of drug-likeness (QED) is 0.350. The average molecular weight is 369 g/mol. The van der Waals surface area contributed by atoms with Crippen molar-refractivity contribution >= 4 is 18.1 Å². The molecule has 0 heterocycles. The lowest BCUT2D eigenvalue weighted by Gasteiger charge is -2.12. The van der Waals surface area contributed by atoms with Crippen LogP contribution in [0.15, 0.2) is 58.7 Å². The molecule has 27 heavy (non-hydrogen) atoms. The summed E-state index contributed by atoms with van der Waals surface area (Å²) in [5.41, 5.74) is 12.2. The van der Waals surface area contributed by atoms with Crippen molar-refractivity contribution in [2.24, 2.45) is 21.7 Å². The number of rotatable bonds is 9. The Balaban J connectivity index is 1.95. The molecule has 142 valence electrons. The van der Waals surface area contributed by atoms with Crippen LogP contribution >= 0.6 is 0 Å². The molecule has 2 rings (SSSR count). The van der Waals surface area contributed by atoms with E-state index in [9.17, 15) is 4.79 Å². The Morgan fingerprint density at radius 1 is 1.11 bits per heavy atom. The Labute approximate surface area is 157 Å². The Kier molecular flexibility index (Phi) is 7.65. The number of nitrogens with one attached hydrogen (secondary N) is 1. The molecule has 5 N–H and O–H groups in total. The van der Waals surface area contributed by atoms with Gasteiger partial charge in [0.05, 0.1) is 12.8 Å². The zero-order valence-corrected chi connectivity index (χ0v) is 15.1. The van der Waals surface area contributed by atoms with Crippen LogP contribution in [0.2, 0.25) is 0 Å². The molecular weight excluding hydrogens is 346 g/mol. The number of benzene rings is 2.